The minimum Gasteiger partial charge on any atom is -0.393 e. The van der Waals surface area contributed by atoms with Gasteiger partial charge in [-0.3, -0.25) is 0 Å². The molecule has 4 rings (SSSR count). The lowest BCUT2D eigenvalue weighted by atomic mass is 9.39. The zero-order valence-corrected chi connectivity index (χ0v) is 14.8. The number of aliphatic hydroxyl groups excluding tert-OH is 2. The number of hydrogen-bond acceptors (Lipinski definition) is 4. The Morgan fingerprint density at radius 1 is 1.25 bits per heavy atom. The molecule has 4 aliphatic carbocycles. The van der Waals surface area contributed by atoms with E-state index in [9.17, 15) is 20.1 Å². The largest absolute Gasteiger partial charge is 0.393 e. The standard InChI is InChI=1S/C20H30O4/c1-17(11-21)15-4-3-13-9-14-10-19(13,7-8-20(14,24)12-22)18(15,2)6-5-16(17)23/h9,11,14-16,22-24H,3-8,10,12H2,1-2H3. The Kier molecular flexibility index (Phi) is 3.44. The van der Waals surface area contributed by atoms with Gasteiger partial charge in [0.25, 0.3) is 0 Å². The second kappa shape index (κ2) is 4.93. The number of rotatable bonds is 2. The predicted octanol–water partition coefficient (Wildman–Crippen LogP) is 2.21. The van der Waals surface area contributed by atoms with Crippen molar-refractivity contribution in [2.75, 3.05) is 6.61 Å². The van der Waals surface area contributed by atoms with Gasteiger partial charge in [0, 0.05) is 5.92 Å². The fourth-order valence-electron chi connectivity index (χ4n) is 7.10. The molecule has 0 aromatic carbocycles. The molecule has 3 saturated carbocycles. The summed E-state index contributed by atoms with van der Waals surface area (Å²) in [4.78, 5) is 12.0. The van der Waals surface area contributed by atoms with Gasteiger partial charge in [-0.2, -0.15) is 0 Å². The summed E-state index contributed by atoms with van der Waals surface area (Å²) in [5.74, 6) is 0.207. The Morgan fingerprint density at radius 2 is 2.00 bits per heavy atom. The van der Waals surface area contributed by atoms with Crippen LogP contribution in [0.2, 0.25) is 0 Å². The van der Waals surface area contributed by atoms with E-state index in [4.69, 9.17) is 0 Å². The lowest BCUT2D eigenvalue weighted by Crippen LogP contribution is -2.62. The molecular formula is C20H30O4. The fraction of sp³-hybridized carbons (Fsp3) is 0.850. The van der Waals surface area contributed by atoms with Gasteiger partial charge in [0.15, 0.2) is 0 Å². The SMILES string of the molecule is CC1(C=O)C(O)CCC2(C)C1CCC1=CC3CC12CCC3(O)CO. The summed E-state index contributed by atoms with van der Waals surface area (Å²) in [6.45, 7) is 4.09. The van der Waals surface area contributed by atoms with Gasteiger partial charge in [-0.1, -0.05) is 25.5 Å². The number of hydrogen-bond donors (Lipinski definition) is 3. The molecule has 134 valence electrons. The van der Waals surface area contributed by atoms with Crippen LogP contribution >= 0.6 is 0 Å². The van der Waals surface area contributed by atoms with Gasteiger partial charge in [-0.25, -0.2) is 0 Å². The quantitative estimate of drug-likeness (QED) is 0.534. The third kappa shape index (κ3) is 1.72. The molecule has 0 aromatic heterocycles. The molecule has 4 nitrogen and oxygen atoms in total. The topological polar surface area (TPSA) is 77.8 Å². The Labute approximate surface area is 144 Å². The van der Waals surface area contributed by atoms with Gasteiger partial charge in [-0.05, 0) is 61.7 Å². The molecule has 0 aliphatic heterocycles. The van der Waals surface area contributed by atoms with Crippen LogP contribution in [-0.2, 0) is 4.79 Å². The molecule has 0 aromatic rings. The Bertz CT molecular complexity index is 600. The molecule has 3 fully saturated rings. The average Bonchev–Trinajstić information content (AvgIpc) is 2.93. The second-order valence-electron chi connectivity index (χ2n) is 9.39. The molecule has 7 atom stereocenters. The first kappa shape index (κ1) is 16.7. The van der Waals surface area contributed by atoms with Crippen LogP contribution in [0, 0.1) is 28.1 Å². The molecule has 0 radical (unpaired) electrons. The minimum absolute atomic E-state index is 0.0164. The smallest absolute Gasteiger partial charge is 0.128 e. The fourth-order valence-corrected chi connectivity index (χ4v) is 7.10. The van der Waals surface area contributed by atoms with Gasteiger partial charge in [0.05, 0.1) is 23.7 Å². The number of fused-ring (bicyclic) bond motifs is 2. The molecule has 2 bridgehead atoms. The second-order valence-corrected chi connectivity index (χ2v) is 9.39. The first-order chi connectivity index (χ1) is 11.3. The summed E-state index contributed by atoms with van der Waals surface area (Å²) < 4.78 is 0. The monoisotopic (exact) mass is 334 g/mol. The normalized spacial score (nSPS) is 56.2. The van der Waals surface area contributed by atoms with Gasteiger partial charge in [0.1, 0.15) is 6.29 Å². The van der Waals surface area contributed by atoms with Crippen LogP contribution in [0.5, 0.6) is 0 Å². The summed E-state index contributed by atoms with van der Waals surface area (Å²) in [5, 5.41) is 31.0. The highest BCUT2D eigenvalue weighted by Crippen LogP contribution is 2.73. The zero-order valence-electron chi connectivity index (χ0n) is 14.8. The van der Waals surface area contributed by atoms with Crippen LogP contribution in [-0.4, -0.2) is 39.9 Å². The van der Waals surface area contributed by atoms with Crippen LogP contribution in [0.15, 0.2) is 11.6 Å². The van der Waals surface area contributed by atoms with E-state index in [0.29, 0.717) is 12.8 Å². The third-order valence-electron chi connectivity index (χ3n) is 8.76. The van der Waals surface area contributed by atoms with Crippen molar-refractivity contribution in [1.82, 2.24) is 0 Å². The highest BCUT2D eigenvalue weighted by Gasteiger charge is 2.68. The van der Waals surface area contributed by atoms with Crippen LogP contribution in [0.25, 0.3) is 0 Å². The Balaban J connectivity index is 1.78. The van der Waals surface area contributed by atoms with Crippen molar-refractivity contribution in [2.45, 2.75) is 70.5 Å². The van der Waals surface area contributed by atoms with E-state index < -0.39 is 17.1 Å². The molecule has 1 spiro atoms. The van der Waals surface area contributed by atoms with Gasteiger partial charge >= 0.3 is 0 Å². The van der Waals surface area contributed by atoms with Crippen LogP contribution in [0.3, 0.4) is 0 Å². The summed E-state index contributed by atoms with van der Waals surface area (Å²) in [7, 11) is 0. The maximum atomic E-state index is 12.0. The van der Waals surface area contributed by atoms with Gasteiger partial charge in [-0.15, -0.1) is 0 Å². The maximum Gasteiger partial charge on any atom is 0.128 e. The average molecular weight is 334 g/mol. The predicted molar refractivity (Wildman–Crippen MR) is 90.1 cm³/mol. The number of aliphatic hydroxyl groups is 3. The molecule has 0 heterocycles. The van der Waals surface area contributed by atoms with E-state index in [1.54, 1.807) is 0 Å². The molecule has 4 aliphatic rings. The molecule has 24 heavy (non-hydrogen) atoms. The molecular weight excluding hydrogens is 304 g/mol. The molecule has 7 unspecified atom stereocenters. The molecule has 4 heteroatoms. The van der Waals surface area contributed by atoms with Crippen molar-refractivity contribution in [3.63, 3.8) is 0 Å². The van der Waals surface area contributed by atoms with Crippen molar-refractivity contribution in [3.8, 4) is 0 Å². The summed E-state index contributed by atoms with van der Waals surface area (Å²) in [6, 6.07) is 0. The van der Waals surface area contributed by atoms with E-state index in [0.717, 1.165) is 38.4 Å². The van der Waals surface area contributed by atoms with Gasteiger partial charge < -0.3 is 20.1 Å². The third-order valence-corrected chi connectivity index (χ3v) is 8.76. The lowest BCUT2D eigenvalue weighted by molar-refractivity contribution is -0.183. The minimum atomic E-state index is -0.983. The van der Waals surface area contributed by atoms with Crippen LogP contribution in [0.4, 0.5) is 0 Å². The summed E-state index contributed by atoms with van der Waals surface area (Å²) in [6.07, 6.45) is 8.58. The summed E-state index contributed by atoms with van der Waals surface area (Å²) >= 11 is 0. The number of carbonyl (C=O) groups is 1. The Hall–Kier alpha value is -0.710. The molecule has 0 amide bonds. The van der Waals surface area contributed by atoms with Crippen molar-refractivity contribution in [3.05, 3.63) is 11.6 Å². The zero-order chi connectivity index (χ0) is 17.4. The van der Waals surface area contributed by atoms with E-state index in [1.165, 1.54) is 5.57 Å². The van der Waals surface area contributed by atoms with Crippen molar-refractivity contribution >= 4 is 6.29 Å². The number of allylic oxidation sites excluding steroid dienone is 1. The number of carbonyl (C=O) groups excluding carboxylic acids is 1. The summed E-state index contributed by atoms with van der Waals surface area (Å²) in [5.41, 5.74) is -0.191. The van der Waals surface area contributed by atoms with Gasteiger partial charge in [0.2, 0.25) is 0 Å². The van der Waals surface area contributed by atoms with Crippen molar-refractivity contribution in [1.29, 1.82) is 0 Å². The van der Waals surface area contributed by atoms with E-state index >= 15 is 0 Å². The molecule has 3 N–H and O–H groups in total. The van der Waals surface area contributed by atoms with E-state index in [-0.39, 0.29) is 29.3 Å². The van der Waals surface area contributed by atoms with Crippen LogP contribution in [0.1, 0.15) is 58.8 Å². The van der Waals surface area contributed by atoms with Crippen LogP contribution < -0.4 is 0 Å². The lowest BCUT2D eigenvalue weighted by Gasteiger charge is -2.65. The highest BCUT2D eigenvalue weighted by molar-refractivity contribution is 5.62. The van der Waals surface area contributed by atoms with E-state index in [1.807, 2.05) is 6.92 Å². The van der Waals surface area contributed by atoms with E-state index in [2.05, 4.69) is 13.0 Å². The van der Waals surface area contributed by atoms with Crippen molar-refractivity contribution in [2.24, 2.45) is 28.1 Å². The molecule has 0 saturated heterocycles. The highest BCUT2D eigenvalue weighted by atomic mass is 16.3. The Morgan fingerprint density at radius 3 is 2.67 bits per heavy atom. The first-order valence-corrected chi connectivity index (χ1v) is 9.45. The van der Waals surface area contributed by atoms with Crippen molar-refractivity contribution < 1.29 is 20.1 Å². The maximum absolute atomic E-state index is 12.0. The number of aldehydes is 1. The first-order valence-electron chi connectivity index (χ1n) is 9.45.